The highest BCUT2D eigenvalue weighted by Gasteiger charge is 2.35. The number of aromatic nitrogens is 2. The molecule has 0 aliphatic carbocycles. The van der Waals surface area contributed by atoms with Gasteiger partial charge in [0.05, 0.1) is 18.3 Å². The predicted molar refractivity (Wildman–Crippen MR) is 171 cm³/mol. The molecule has 1 aromatic heterocycles. The van der Waals surface area contributed by atoms with E-state index in [1.54, 1.807) is 36.4 Å². The number of piperazine rings is 1. The number of primary amides is 1. The van der Waals surface area contributed by atoms with Crippen molar-refractivity contribution in [2.45, 2.75) is 45.8 Å². The summed E-state index contributed by atoms with van der Waals surface area (Å²) in [5.74, 6) is -0.734. The van der Waals surface area contributed by atoms with Crippen molar-refractivity contribution in [2.75, 3.05) is 26.2 Å². The molecule has 0 unspecified atom stereocenters. The highest BCUT2D eigenvalue weighted by Crippen LogP contribution is 2.28. The fourth-order valence-electron chi connectivity index (χ4n) is 5.52. The summed E-state index contributed by atoms with van der Waals surface area (Å²) < 4.78 is 7.21. The van der Waals surface area contributed by atoms with Gasteiger partial charge in [0, 0.05) is 30.9 Å². The van der Waals surface area contributed by atoms with Crippen molar-refractivity contribution in [3.05, 3.63) is 107 Å². The van der Waals surface area contributed by atoms with Gasteiger partial charge in [-0.05, 0) is 80.6 Å². The van der Waals surface area contributed by atoms with Crippen LogP contribution >= 0.6 is 0 Å². The van der Waals surface area contributed by atoms with Gasteiger partial charge in [0.2, 0.25) is 0 Å². The zero-order valence-electron chi connectivity index (χ0n) is 26.1. The lowest BCUT2D eigenvalue weighted by Gasteiger charge is -2.41. The second-order valence-electron chi connectivity index (χ2n) is 12.3. The highest BCUT2D eigenvalue weighted by atomic mass is 16.6. The molecule has 3 amide bonds. The van der Waals surface area contributed by atoms with Crippen LogP contribution in [0.2, 0.25) is 0 Å². The fourth-order valence-corrected chi connectivity index (χ4v) is 5.52. The van der Waals surface area contributed by atoms with Crippen molar-refractivity contribution < 1.29 is 24.2 Å². The average Bonchev–Trinajstić information content (AvgIpc) is 3.42. The van der Waals surface area contributed by atoms with E-state index in [2.05, 4.69) is 5.10 Å². The Hall–Kier alpha value is -4.96. The number of carbonyl (C=O) groups is 3. The molecule has 10 heteroatoms. The molecule has 4 aromatic rings. The van der Waals surface area contributed by atoms with Crippen LogP contribution in [0.3, 0.4) is 0 Å². The molecule has 2 heterocycles. The smallest absolute Gasteiger partial charge is 0.410 e. The van der Waals surface area contributed by atoms with Crippen LogP contribution in [0.25, 0.3) is 16.8 Å². The van der Waals surface area contributed by atoms with Gasteiger partial charge in [-0.1, -0.05) is 54.6 Å². The molecule has 0 spiro atoms. The van der Waals surface area contributed by atoms with E-state index in [4.69, 9.17) is 10.5 Å². The number of ether oxygens (including phenoxy) is 1. The van der Waals surface area contributed by atoms with Crippen molar-refractivity contribution in [2.24, 2.45) is 5.73 Å². The van der Waals surface area contributed by atoms with E-state index in [1.165, 1.54) is 4.90 Å². The van der Waals surface area contributed by atoms with Crippen LogP contribution in [0.1, 0.15) is 58.4 Å². The van der Waals surface area contributed by atoms with Gasteiger partial charge >= 0.3 is 6.09 Å². The second kappa shape index (κ2) is 13.0. The van der Waals surface area contributed by atoms with Crippen LogP contribution < -0.4 is 5.73 Å². The Kier molecular flexibility index (Phi) is 9.06. The topological polar surface area (TPSA) is 131 Å². The second-order valence-corrected chi connectivity index (χ2v) is 12.3. The van der Waals surface area contributed by atoms with Crippen molar-refractivity contribution in [1.29, 1.82) is 0 Å². The van der Waals surface area contributed by atoms with Gasteiger partial charge in [-0.2, -0.15) is 5.10 Å². The molecule has 0 radical (unpaired) electrons. The zero-order valence-corrected chi connectivity index (χ0v) is 26.1. The fraction of sp³-hybridized carbons (Fsp3) is 0.314. The van der Waals surface area contributed by atoms with Crippen LogP contribution in [0, 0.1) is 6.92 Å². The van der Waals surface area contributed by atoms with E-state index < -0.39 is 23.6 Å². The first kappa shape index (κ1) is 31.5. The van der Waals surface area contributed by atoms with Crippen molar-refractivity contribution in [3.63, 3.8) is 0 Å². The van der Waals surface area contributed by atoms with E-state index in [0.29, 0.717) is 18.5 Å². The first-order chi connectivity index (χ1) is 21.4. The first-order valence-corrected chi connectivity index (χ1v) is 15.0. The number of aliphatic hydroxyl groups excluding tert-OH is 1. The van der Waals surface area contributed by atoms with Gasteiger partial charge in [0.15, 0.2) is 5.69 Å². The van der Waals surface area contributed by atoms with Gasteiger partial charge in [0.25, 0.3) is 11.8 Å². The zero-order chi connectivity index (χ0) is 32.3. The molecule has 3 aromatic carbocycles. The number of amides is 3. The normalized spacial score (nSPS) is 15.2. The van der Waals surface area contributed by atoms with Gasteiger partial charge < -0.3 is 20.5 Å². The number of carbonyl (C=O) groups excluding carboxylic acids is 3. The molecule has 1 aliphatic rings. The van der Waals surface area contributed by atoms with Crippen LogP contribution in [0.4, 0.5) is 4.79 Å². The predicted octanol–water partition coefficient (Wildman–Crippen LogP) is 4.59. The Morgan fingerprint density at radius 3 is 2.27 bits per heavy atom. The van der Waals surface area contributed by atoms with Crippen molar-refractivity contribution in [3.8, 4) is 16.8 Å². The van der Waals surface area contributed by atoms with Gasteiger partial charge in [-0.25, -0.2) is 9.48 Å². The maximum absolute atomic E-state index is 14.1. The molecule has 234 valence electrons. The first-order valence-electron chi connectivity index (χ1n) is 15.0. The quantitative estimate of drug-likeness (QED) is 0.315. The molecule has 5 rings (SSSR count). The van der Waals surface area contributed by atoms with Crippen molar-refractivity contribution >= 4 is 17.9 Å². The lowest BCUT2D eigenvalue weighted by Crippen LogP contribution is -2.58. The number of hydrogen-bond donors (Lipinski definition) is 2. The summed E-state index contributed by atoms with van der Waals surface area (Å²) in [6, 6.07) is 24.6. The van der Waals surface area contributed by atoms with E-state index in [9.17, 15) is 19.5 Å². The molecule has 1 aliphatic heterocycles. The summed E-state index contributed by atoms with van der Waals surface area (Å²) in [6.07, 6.45) is 0.0917. The van der Waals surface area contributed by atoms with E-state index >= 15 is 0 Å². The van der Waals surface area contributed by atoms with Gasteiger partial charge in [0.1, 0.15) is 5.60 Å². The minimum atomic E-state index is -0.665. The molecule has 1 fully saturated rings. The number of benzene rings is 3. The lowest BCUT2D eigenvalue weighted by molar-refractivity contribution is -0.00984. The minimum Gasteiger partial charge on any atom is -0.444 e. The van der Waals surface area contributed by atoms with Crippen molar-refractivity contribution in [1.82, 2.24) is 19.6 Å². The maximum Gasteiger partial charge on any atom is 0.410 e. The minimum absolute atomic E-state index is 0.159. The number of aliphatic hydroxyl groups is 1. The van der Waals surface area contributed by atoms with Crippen LogP contribution in [-0.4, -0.2) is 80.5 Å². The number of nitrogens with zero attached hydrogens (tertiary/aromatic N) is 4. The number of aryl methyl sites for hydroxylation is 1. The third-order valence-corrected chi connectivity index (χ3v) is 7.74. The summed E-state index contributed by atoms with van der Waals surface area (Å²) in [7, 11) is 0. The Morgan fingerprint density at radius 2 is 1.64 bits per heavy atom. The summed E-state index contributed by atoms with van der Waals surface area (Å²) in [4.78, 5) is 41.7. The molecular formula is C35H39N5O5. The van der Waals surface area contributed by atoms with E-state index in [0.717, 1.165) is 33.6 Å². The molecular weight excluding hydrogens is 570 g/mol. The molecule has 10 nitrogen and oxygen atoms in total. The van der Waals surface area contributed by atoms with Gasteiger partial charge in [-0.3, -0.25) is 14.5 Å². The third-order valence-electron chi connectivity index (χ3n) is 7.74. The summed E-state index contributed by atoms with van der Waals surface area (Å²) in [6.45, 7) is 7.74. The molecule has 0 bridgehead atoms. The summed E-state index contributed by atoms with van der Waals surface area (Å²) >= 11 is 0. The molecule has 1 saturated heterocycles. The Labute approximate surface area is 263 Å². The monoisotopic (exact) mass is 609 g/mol. The molecule has 45 heavy (non-hydrogen) atoms. The van der Waals surface area contributed by atoms with Crippen LogP contribution in [0.5, 0.6) is 0 Å². The molecule has 1 atom stereocenters. The standard InChI is InChI=1S/C35H39N5O5/c1-23-18-31(32(36)42)37-40(23)27-13-10-24(11-14-27)19-25-12-15-29(26-8-6-5-7-9-26)30(20-25)33(43)38-16-17-39(28(21-38)22-41)34(44)45-35(2,3)4/h5-15,18,20,28,41H,16-17,19,21-22H2,1-4H3,(H2,36,42)/t28-/m1/s1. The number of hydrogen-bond acceptors (Lipinski definition) is 6. The third kappa shape index (κ3) is 7.24. The van der Waals surface area contributed by atoms with Gasteiger partial charge in [-0.15, -0.1) is 0 Å². The number of nitrogens with two attached hydrogens (primary N) is 1. The van der Waals surface area contributed by atoms with E-state index in [1.807, 2.05) is 79.7 Å². The number of rotatable bonds is 7. The lowest BCUT2D eigenvalue weighted by atomic mass is 9.94. The average molecular weight is 610 g/mol. The van der Waals surface area contributed by atoms with Crippen LogP contribution in [-0.2, 0) is 11.2 Å². The summed E-state index contributed by atoms with van der Waals surface area (Å²) in [5.41, 5.74) is 10.8. The highest BCUT2D eigenvalue weighted by molar-refractivity contribution is 6.01. The molecule has 0 saturated carbocycles. The Bertz CT molecular complexity index is 1690. The molecule has 3 N–H and O–H groups in total. The largest absolute Gasteiger partial charge is 0.444 e. The van der Waals surface area contributed by atoms with Crippen LogP contribution in [0.15, 0.2) is 78.9 Å². The summed E-state index contributed by atoms with van der Waals surface area (Å²) in [5, 5.41) is 14.4. The Morgan fingerprint density at radius 1 is 0.956 bits per heavy atom. The maximum atomic E-state index is 14.1. The van der Waals surface area contributed by atoms with E-state index in [-0.39, 0.29) is 31.3 Å². The SMILES string of the molecule is Cc1cc(C(N)=O)nn1-c1ccc(Cc2ccc(-c3ccccc3)c(C(=O)N3CCN(C(=O)OC(C)(C)C)[C@@H](CO)C3)c2)cc1. The Balaban J connectivity index is 1.39.